The summed E-state index contributed by atoms with van der Waals surface area (Å²) < 4.78 is 11.4. The topological polar surface area (TPSA) is 45.5 Å². The van der Waals surface area contributed by atoms with E-state index in [4.69, 9.17) is 14.7 Å². The monoisotopic (exact) mass is 300 g/mol. The van der Waals surface area contributed by atoms with Gasteiger partial charge in [0.1, 0.15) is 0 Å². The summed E-state index contributed by atoms with van der Waals surface area (Å²) in [5.41, 5.74) is 1.98. The van der Waals surface area contributed by atoms with Gasteiger partial charge < -0.3 is 9.47 Å². The van der Waals surface area contributed by atoms with Gasteiger partial charge in [0, 0.05) is 32.2 Å². The molecule has 1 heterocycles. The smallest absolute Gasteiger partial charge is 0.0991 e. The molecule has 0 spiro atoms. The molecule has 0 amide bonds. The molecule has 4 nitrogen and oxygen atoms in total. The maximum absolute atomic E-state index is 8.90. The minimum absolute atomic E-state index is 0.371. The first-order chi connectivity index (χ1) is 10.8. The third kappa shape index (κ3) is 3.33. The average molecular weight is 300 g/mol. The second-order valence-corrected chi connectivity index (χ2v) is 6.29. The number of hydrogen-bond donors (Lipinski definition) is 0. The van der Waals surface area contributed by atoms with Gasteiger partial charge in [0.25, 0.3) is 0 Å². The molecule has 0 bridgehead atoms. The molecular weight excluding hydrogens is 276 g/mol. The molecule has 118 valence electrons. The normalized spacial score (nSPS) is 29.4. The van der Waals surface area contributed by atoms with Crippen molar-refractivity contribution in [1.29, 1.82) is 5.26 Å². The zero-order valence-electron chi connectivity index (χ0n) is 13.2. The third-order valence-corrected chi connectivity index (χ3v) is 5.05. The van der Waals surface area contributed by atoms with Gasteiger partial charge in [-0.05, 0) is 30.5 Å². The van der Waals surface area contributed by atoms with Crippen molar-refractivity contribution in [1.82, 2.24) is 4.90 Å². The van der Waals surface area contributed by atoms with Crippen LogP contribution >= 0.6 is 0 Å². The van der Waals surface area contributed by atoms with Crippen LogP contribution in [-0.2, 0) is 16.0 Å². The average Bonchev–Trinajstić information content (AvgIpc) is 3.04. The molecular formula is C18H24N2O2. The van der Waals surface area contributed by atoms with E-state index in [0.29, 0.717) is 18.1 Å². The van der Waals surface area contributed by atoms with Gasteiger partial charge in [-0.1, -0.05) is 18.6 Å². The van der Waals surface area contributed by atoms with E-state index in [1.54, 1.807) is 0 Å². The molecule has 2 fully saturated rings. The Morgan fingerprint density at radius 3 is 2.86 bits per heavy atom. The van der Waals surface area contributed by atoms with Crippen molar-refractivity contribution in [2.24, 2.45) is 5.92 Å². The van der Waals surface area contributed by atoms with Crippen LogP contribution in [0.25, 0.3) is 0 Å². The van der Waals surface area contributed by atoms with Gasteiger partial charge in [-0.2, -0.15) is 5.26 Å². The molecule has 2 aliphatic rings. The summed E-state index contributed by atoms with van der Waals surface area (Å²) in [5, 5.41) is 8.90. The first kappa shape index (κ1) is 15.5. The lowest BCUT2D eigenvalue weighted by molar-refractivity contribution is -0.0608. The molecule has 1 aromatic rings. The summed E-state index contributed by atoms with van der Waals surface area (Å²) >= 11 is 0. The highest BCUT2D eigenvalue weighted by molar-refractivity contribution is 5.31. The number of methoxy groups -OCH3 is 1. The number of benzene rings is 1. The predicted molar refractivity (Wildman–Crippen MR) is 84.3 cm³/mol. The van der Waals surface area contributed by atoms with Crippen LogP contribution in [0.3, 0.4) is 0 Å². The van der Waals surface area contributed by atoms with Gasteiger partial charge in [0.05, 0.1) is 31.0 Å². The third-order valence-electron chi connectivity index (χ3n) is 5.05. The van der Waals surface area contributed by atoms with Gasteiger partial charge in [-0.3, -0.25) is 4.90 Å². The Bertz CT molecular complexity index is 523. The number of ether oxygens (including phenoxy) is 2. The molecule has 0 radical (unpaired) electrons. The quantitative estimate of drug-likeness (QED) is 0.857. The molecule has 1 saturated carbocycles. The molecule has 3 rings (SSSR count). The maximum atomic E-state index is 8.90. The molecule has 3 atom stereocenters. The minimum atomic E-state index is 0.371. The van der Waals surface area contributed by atoms with Crippen molar-refractivity contribution < 1.29 is 9.47 Å². The SMILES string of the molecule is CO[C@@H]1CCC[C@H]1[C@H]1COCCN1Cc1ccc(C#N)cc1. The molecule has 1 aliphatic heterocycles. The molecule has 1 saturated heterocycles. The van der Waals surface area contributed by atoms with Crippen LogP contribution in [0, 0.1) is 17.2 Å². The summed E-state index contributed by atoms with van der Waals surface area (Å²) in [7, 11) is 1.83. The summed E-state index contributed by atoms with van der Waals surface area (Å²) in [4.78, 5) is 2.53. The summed E-state index contributed by atoms with van der Waals surface area (Å²) in [5.74, 6) is 0.573. The van der Waals surface area contributed by atoms with E-state index in [0.717, 1.165) is 31.9 Å². The van der Waals surface area contributed by atoms with Gasteiger partial charge >= 0.3 is 0 Å². The van der Waals surface area contributed by atoms with Crippen LogP contribution in [-0.4, -0.2) is 43.9 Å². The molecule has 22 heavy (non-hydrogen) atoms. The Kier molecular flexibility index (Phi) is 5.09. The van der Waals surface area contributed by atoms with Crippen LogP contribution in [0.4, 0.5) is 0 Å². The van der Waals surface area contributed by atoms with E-state index in [1.165, 1.54) is 24.8 Å². The Balaban J connectivity index is 1.70. The van der Waals surface area contributed by atoms with Gasteiger partial charge in [0.15, 0.2) is 0 Å². The van der Waals surface area contributed by atoms with Crippen molar-refractivity contribution in [3.63, 3.8) is 0 Å². The molecule has 0 unspecified atom stereocenters. The Morgan fingerprint density at radius 2 is 2.14 bits per heavy atom. The minimum Gasteiger partial charge on any atom is -0.381 e. The molecule has 0 aromatic heterocycles. The van der Waals surface area contributed by atoms with Crippen molar-refractivity contribution in [3.05, 3.63) is 35.4 Å². The van der Waals surface area contributed by atoms with E-state index in [9.17, 15) is 0 Å². The lowest BCUT2D eigenvalue weighted by Crippen LogP contribution is -2.50. The Labute approximate surface area is 132 Å². The molecule has 4 heteroatoms. The maximum Gasteiger partial charge on any atom is 0.0991 e. The molecule has 1 aliphatic carbocycles. The Hall–Kier alpha value is -1.41. The van der Waals surface area contributed by atoms with Gasteiger partial charge in [0.2, 0.25) is 0 Å². The van der Waals surface area contributed by atoms with E-state index in [2.05, 4.69) is 23.1 Å². The number of rotatable bonds is 4. The summed E-state index contributed by atoms with van der Waals surface area (Å²) in [6, 6.07) is 10.5. The number of hydrogen-bond acceptors (Lipinski definition) is 4. The van der Waals surface area contributed by atoms with Gasteiger partial charge in [-0.15, -0.1) is 0 Å². The van der Waals surface area contributed by atoms with Gasteiger partial charge in [-0.25, -0.2) is 0 Å². The van der Waals surface area contributed by atoms with Crippen LogP contribution in [0.5, 0.6) is 0 Å². The number of morpholine rings is 1. The Morgan fingerprint density at radius 1 is 1.32 bits per heavy atom. The zero-order chi connectivity index (χ0) is 15.4. The molecule has 1 aromatic carbocycles. The number of nitrogens with zero attached hydrogens (tertiary/aromatic N) is 2. The summed E-state index contributed by atoms with van der Waals surface area (Å²) in [6.07, 6.45) is 4.03. The lowest BCUT2D eigenvalue weighted by Gasteiger charge is -2.40. The van der Waals surface area contributed by atoms with Crippen molar-refractivity contribution >= 4 is 0 Å². The standard InChI is InChI=1S/C18H24N2O2/c1-21-18-4-2-3-16(18)17-13-22-10-9-20(17)12-15-7-5-14(11-19)6-8-15/h5-8,16-18H,2-4,9-10,12-13H2,1H3/t16-,17+,18+/m0/s1. The number of nitriles is 1. The second-order valence-electron chi connectivity index (χ2n) is 6.29. The predicted octanol–water partition coefficient (Wildman–Crippen LogP) is 2.57. The fourth-order valence-corrected chi connectivity index (χ4v) is 3.85. The zero-order valence-corrected chi connectivity index (χ0v) is 13.2. The van der Waals surface area contributed by atoms with Crippen LogP contribution in [0.1, 0.15) is 30.4 Å². The highest BCUT2D eigenvalue weighted by Crippen LogP contribution is 2.34. The van der Waals surface area contributed by atoms with E-state index >= 15 is 0 Å². The lowest BCUT2D eigenvalue weighted by atomic mass is 9.93. The van der Waals surface area contributed by atoms with Crippen molar-refractivity contribution in [3.8, 4) is 6.07 Å². The molecule has 0 N–H and O–H groups in total. The largest absolute Gasteiger partial charge is 0.381 e. The second kappa shape index (κ2) is 7.23. The van der Waals surface area contributed by atoms with E-state index in [-0.39, 0.29) is 0 Å². The first-order valence-corrected chi connectivity index (χ1v) is 8.15. The van der Waals surface area contributed by atoms with Crippen molar-refractivity contribution in [2.75, 3.05) is 26.9 Å². The van der Waals surface area contributed by atoms with Crippen molar-refractivity contribution in [2.45, 2.75) is 38.0 Å². The highest BCUT2D eigenvalue weighted by Gasteiger charge is 2.38. The van der Waals surface area contributed by atoms with Crippen LogP contribution < -0.4 is 0 Å². The van der Waals surface area contributed by atoms with Crippen LogP contribution in [0.2, 0.25) is 0 Å². The fraction of sp³-hybridized carbons (Fsp3) is 0.611. The van der Waals surface area contributed by atoms with E-state index in [1.807, 2.05) is 19.2 Å². The van der Waals surface area contributed by atoms with E-state index < -0.39 is 0 Å². The first-order valence-electron chi connectivity index (χ1n) is 8.15. The van der Waals surface area contributed by atoms with Crippen LogP contribution in [0.15, 0.2) is 24.3 Å². The fourth-order valence-electron chi connectivity index (χ4n) is 3.85. The summed E-state index contributed by atoms with van der Waals surface area (Å²) in [6.45, 7) is 3.50. The highest BCUT2D eigenvalue weighted by atomic mass is 16.5.